The van der Waals surface area contributed by atoms with Gasteiger partial charge in [-0.15, -0.1) is 0 Å². The summed E-state index contributed by atoms with van der Waals surface area (Å²) in [7, 11) is 0.0160. The number of sulfonamides is 1. The van der Waals surface area contributed by atoms with Crippen LogP contribution in [0.1, 0.15) is 19.3 Å². The maximum Gasteiger partial charge on any atom is 0.213 e. The van der Waals surface area contributed by atoms with Crippen molar-refractivity contribution in [2.75, 3.05) is 33.1 Å². The van der Waals surface area contributed by atoms with Crippen molar-refractivity contribution in [2.24, 2.45) is 5.92 Å². The maximum atomic E-state index is 11.8. The third-order valence-corrected chi connectivity index (χ3v) is 4.86. The van der Waals surface area contributed by atoms with Crippen LogP contribution in [0.25, 0.3) is 0 Å². The number of aliphatic hydroxyl groups excluding tert-OH is 1. The molecule has 0 saturated heterocycles. The van der Waals surface area contributed by atoms with E-state index < -0.39 is 10.0 Å². The van der Waals surface area contributed by atoms with E-state index in [4.69, 9.17) is 9.84 Å². The fourth-order valence-electron chi connectivity index (χ4n) is 1.87. The van der Waals surface area contributed by atoms with Gasteiger partial charge < -0.3 is 9.84 Å². The van der Waals surface area contributed by atoms with E-state index in [1.54, 1.807) is 14.2 Å². The minimum absolute atomic E-state index is 0.132. The van der Waals surface area contributed by atoms with E-state index in [2.05, 4.69) is 0 Å². The van der Waals surface area contributed by atoms with E-state index in [0.29, 0.717) is 25.5 Å². The molecule has 1 saturated carbocycles. The Bertz CT molecular complexity index is 298. The molecule has 6 heteroatoms. The molecule has 0 atom stereocenters. The van der Waals surface area contributed by atoms with Crippen LogP contribution < -0.4 is 0 Å². The normalized spacial score (nSPS) is 25.8. The standard InChI is InChI=1S/C10H21NO4S/c1-11(8-9-6-10(12)7-9)16(13,14)5-3-4-15-2/h9-10,12H,3-8H2,1-2H3. The van der Waals surface area contributed by atoms with Crippen molar-refractivity contribution in [3.05, 3.63) is 0 Å². The van der Waals surface area contributed by atoms with Gasteiger partial charge in [0.1, 0.15) is 0 Å². The lowest BCUT2D eigenvalue weighted by molar-refractivity contribution is 0.0367. The molecule has 1 fully saturated rings. The summed E-state index contributed by atoms with van der Waals surface area (Å²) in [4.78, 5) is 0. The Morgan fingerprint density at radius 2 is 2.06 bits per heavy atom. The highest BCUT2D eigenvalue weighted by Gasteiger charge is 2.30. The van der Waals surface area contributed by atoms with Crippen molar-refractivity contribution in [3.8, 4) is 0 Å². The quantitative estimate of drug-likeness (QED) is 0.650. The van der Waals surface area contributed by atoms with Crippen LogP contribution >= 0.6 is 0 Å². The molecule has 0 heterocycles. The van der Waals surface area contributed by atoms with Crippen LogP contribution in [0.2, 0.25) is 0 Å². The fourth-order valence-corrected chi connectivity index (χ4v) is 3.10. The molecule has 0 radical (unpaired) electrons. The number of aliphatic hydroxyl groups is 1. The van der Waals surface area contributed by atoms with Crippen molar-refractivity contribution in [3.63, 3.8) is 0 Å². The topological polar surface area (TPSA) is 66.8 Å². The van der Waals surface area contributed by atoms with Gasteiger partial charge in [0.2, 0.25) is 10.0 Å². The van der Waals surface area contributed by atoms with Gasteiger partial charge in [-0.1, -0.05) is 0 Å². The van der Waals surface area contributed by atoms with Crippen molar-refractivity contribution in [2.45, 2.75) is 25.4 Å². The Balaban J connectivity index is 2.30. The first kappa shape index (κ1) is 13.9. The lowest BCUT2D eigenvalue weighted by atomic mass is 9.82. The highest BCUT2D eigenvalue weighted by Crippen LogP contribution is 2.28. The SMILES string of the molecule is COCCCS(=O)(=O)N(C)CC1CC(O)C1. The molecule has 1 aliphatic carbocycles. The van der Waals surface area contributed by atoms with Crippen molar-refractivity contribution in [1.29, 1.82) is 0 Å². The smallest absolute Gasteiger partial charge is 0.213 e. The summed E-state index contributed by atoms with van der Waals surface area (Å²) in [5.41, 5.74) is 0. The van der Waals surface area contributed by atoms with Gasteiger partial charge in [-0.25, -0.2) is 12.7 Å². The predicted octanol–water partition coefficient (Wildman–Crippen LogP) is 0.0554. The molecule has 0 bridgehead atoms. The third kappa shape index (κ3) is 4.01. The molecule has 0 amide bonds. The molecule has 0 aromatic heterocycles. The molecule has 5 nitrogen and oxygen atoms in total. The summed E-state index contributed by atoms with van der Waals surface area (Å²) < 4.78 is 29.8. The van der Waals surface area contributed by atoms with Crippen LogP contribution in [0, 0.1) is 5.92 Å². The Hall–Kier alpha value is -0.170. The first-order chi connectivity index (χ1) is 7.45. The number of ether oxygens (including phenoxy) is 1. The first-order valence-corrected chi connectivity index (χ1v) is 7.17. The molecule has 0 spiro atoms. The summed E-state index contributed by atoms with van der Waals surface area (Å²) in [6, 6.07) is 0. The molecule has 1 N–H and O–H groups in total. The molecule has 0 aliphatic heterocycles. The molecule has 96 valence electrons. The van der Waals surface area contributed by atoms with Gasteiger partial charge in [-0.3, -0.25) is 0 Å². The van der Waals surface area contributed by atoms with E-state index in [-0.39, 0.29) is 11.9 Å². The van der Waals surface area contributed by atoms with Gasteiger partial charge in [-0.05, 0) is 25.2 Å². The van der Waals surface area contributed by atoms with Crippen LogP contribution in [-0.4, -0.2) is 57.0 Å². The molecule has 16 heavy (non-hydrogen) atoms. The first-order valence-electron chi connectivity index (χ1n) is 5.56. The molecule has 1 rings (SSSR count). The minimum Gasteiger partial charge on any atom is -0.393 e. The summed E-state index contributed by atoms with van der Waals surface area (Å²) in [6.45, 7) is 0.988. The van der Waals surface area contributed by atoms with Crippen LogP contribution in [0.5, 0.6) is 0 Å². The Morgan fingerprint density at radius 1 is 1.44 bits per heavy atom. The number of hydrogen-bond acceptors (Lipinski definition) is 4. The highest BCUT2D eigenvalue weighted by molar-refractivity contribution is 7.89. The van der Waals surface area contributed by atoms with Gasteiger partial charge in [0.15, 0.2) is 0 Å². The summed E-state index contributed by atoms with van der Waals surface area (Å²) >= 11 is 0. The van der Waals surface area contributed by atoms with Crippen molar-refractivity contribution < 1.29 is 18.3 Å². The summed E-state index contributed by atoms with van der Waals surface area (Å²) in [6.07, 6.45) is 1.74. The minimum atomic E-state index is -3.15. The van der Waals surface area contributed by atoms with Gasteiger partial charge in [0.25, 0.3) is 0 Å². The van der Waals surface area contributed by atoms with Crippen molar-refractivity contribution >= 4 is 10.0 Å². The van der Waals surface area contributed by atoms with Crippen LogP contribution in [0.4, 0.5) is 0 Å². The molecule has 1 aliphatic rings. The molecular weight excluding hydrogens is 230 g/mol. The van der Waals surface area contributed by atoms with Gasteiger partial charge in [0.05, 0.1) is 11.9 Å². The zero-order valence-electron chi connectivity index (χ0n) is 9.92. The predicted molar refractivity (Wildman–Crippen MR) is 61.6 cm³/mol. The zero-order chi connectivity index (χ0) is 12.2. The van der Waals surface area contributed by atoms with E-state index in [0.717, 1.165) is 12.8 Å². The monoisotopic (exact) mass is 251 g/mol. The second-order valence-electron chi connectivity index (χ2n) is 4.43. The average molecular weight is 251 g/mol. The second kappa shape index (κ2) is 5.95. The summed E-state index contributed by atoms with van der Waals surface area (Å²) in [5.74, 6) is 0.448. The molecule has 0 aromatic rings. The van der Waals surface area contributed by atoms with E-state index in [1.165, 1.54) is 4.31 Å². The number of hydrogen-bond donors (Lipinski definition) is 1. The highest BCUT2D eigenvalue weighted by atomic mass is 32.2. The lowest BCUT2D eigenvalue weighted by Crippen LogP contribution is -2.40. The zero-order valence-corrected chi connectivity index (χ0v) is 10.7. The average Bonchev–Trinajstić information content (AvgIpc) is 2.15. The molecular formula is C10H21NO4S. The van der Waals surface area contributed by atoms with E-state index >= 15 is 0 Å². The number of rotatable bonds is 7. The lowest BCUT2D eigenvalue weighted by Gasteiger charge is -2.34. The van der Waals surface area contributed by atoms with E-state index in [9.17, 15) is 8.42 Å². The largest absolute Gasteiger partial charge is 0.393 e. The van der Waals surface area contributed by atoms with Gasteiger partial charge in [0, 0.05) is 27.3 Å². The van der Waals surface area contributed by atoms with Gasteiger partial charge in [-0.2, -0.15) is 0 Å². The second-order valence-corrected chi connectivity index (χ2v) is 6.63. The van der Waals surface area contributed by atoms with E-state index in [1.807, 2.05) is 0 Å². The van der Waals surface area contributed by atoms with Crippen LogP contribution in [0.3, 0.4) is 0 Å². The number of nitrogens with zero attached hydrogens (tertiary/aromatic N) is 1. The Morgan fingerprint density at radius 3 is 2.56 bits per heavy atom. The maximum absolute atomic E-state index is 11.8. The van der Waals surface area contributed by atoms with Crippen LogP contribution in [-0.2, 0) is 14.8 Å². The van der Waals surface area contributed by atoms with Gasteiger partial charge >= 0.3 is 0 Å². The third-order valence-electron chi connectivity index (χ3n) is 2.95. The fraction of sp³-hybridized carbons (Fsp3) is 1.00. The number of methoxy groups -OCH3 is 1. The molecule has 0 aromatic carbocycles. The Labute approximate surface area is 97.4 Å². The van der Waals surface area contributed by atoms with Crippen LogP contribution in [0.15, 0.2) is 0 Å². The van der Waals surface area contributed by atoms with Crippen molar-refractivity contribution in [1.82, 2.24) is 4.31 Å². The summed E-state index contributed by atoms with van der Waals surface area (Å²) in [5, 5.41) is 9.12. The Kier molecular flexibility index (Phi) is 5.17. The molecule has 0 unspecified atom stereocenters.